The third kappa shape index (κ3) is 6.01. The summed E-state index contributed by atoms with van der Waals surface area (Å²) in [6, 6.07) is 19.2. The number of halogens is 1. The third-order valence-electron chi connectivity index (χ3n) is 5.52. The van der Waals surface area contributed by atoms with Crippen molar-refractivity contribution >= 4 is 11.8 Å². The van der Waals surface area contributed by atoms with Crippen molar-refractivity contribution in [3.05, 3.63) is 105 Å². The predicted octanol–water partition coefficient (Wildman–Crippen LogP) is 5.72. The Morgan fingerprint density at radius 2 is 1.75 bits per heavy atom. The van der Waals surface area contributed by atoms with Crippen molar-refractivity contribution in [2.75, 3.05) is 13.7 Å². The van der Waals surface area contributed by atoms with Crippen LogP contribution in [0.4, 0.5) is 4.39 Å². The molecule has 0 aliphatic heterocycles. The van der Waals surface area contributed by atoms with E-state index in [-0.39, 0.29) is 17.3 Å². The smallest absolute Gasteiger partial charge is 0.220 e. The number of nitrogens with zero attached hydrogens (tertiary/aromatic N) is 4. The number of hydrogen-bond acceptors (Lipinski definition) is 7. The van der Waals surface area contributed by atoms with Gasteiger partial charge in [-0.3, -0.25) is 14.7 Å². The topological polar surface area (TPSA) is 92.3 Å². The molecule has 0 saturated carbocycles. The number of aryl methyl sites for hydroxylation is 2. The Labute approximate surface area is 212 Å². The molecule has 0 radical (unpaired) electrons. The first-order valence-electron chi connectivity index (χ1n) is 11.2. The summed E-state index contributed by atoms with van der Waals surface area (Å²) in [5, 5.41) is 19.8. The van der Waals surface area contributed by atoms with Crippen molar-refractivity contribution in [1.29, 1.82) is 0 Å². The molecule has 36 heavy (non-hydrogen) atoms. The van der Waals surface area contributed by atoms with Crippen molar-refractivity contribution in [1.82, 2.24) is 14.8 Å². The minimum Gasteiger partial charge on any atom is -0.493 e. The van der Waals surface area contributed by atoms with Crippen LogP contribution in [0.2, 0.25) is 0 Å². The van der Waals surface area contributed by atoms with E-state index in [1.807, 2.05) is 31.2 Å². The number of hydrogen-bond donors (Lipinski definition) is 0. The number of thioether (sulfide) groups is 1. The van der Waals surface area contributed by atoms with Crippen LogP contribution in [0.15, 0.2) is 71.9 Å². The fourth-order valence-corrected chi connectivity index (χ4v) is 4.79. The Morgan fingerprint density at radius 3 is 2.42 bits per heavy atom. The number of ether oxygens (including phenoxy) is 2. The Hall–Kier alpha value is -3.92. The van der Waals surface area contributed by atoms with Gasteiger partial charge in [-0.05, 0) is 61.4 Å². The lowest BCUT2D eigenvalue weighted by Crippen LogP contribution is -2.11. The lowest BCUT2D eigenvalue weighted by Gasteiger charge is -2.17. The maximum absolute atomic E-state index is 13.4. The van der Waals surface area contributed by atoms with Crippen LogP contribution in [0.3, 0.4) is 0 Å². The lowest BCUT2D eigenvalue weighted by atomic mass is 10.1. The highest BCUT2D eigenvalue weighted by Gasteiger charge is 2.25. The fraction of sp³-hybridized carbons (Fsp3) is 0.231. The summed E-state index contributed by atoms with van der Waals surface area (Å²) in [6.45, 7) is 3.82. The van der Waals surface area contributed by atoms with E-state index in [1.54, 1.807) is 41.8 Å². The molecule has 1 aromatic heterocycles. The summed E-state index contributed by atoms with van der Waals surface area (Å²) in [6.07, 6.45) is 0. The van der Waals surface area contributed by atoms with Crippen LogP contribution in [0, 0.1) is 29.8 Å². The van der Waals surface area contributed by atoms with Gasteiger partial charge in [-0.15, -0.1) is 10.2 Å². The molecule has 0 amide bonds. The van der Waals surface area contributed by atoms with Crippen molar-refractivity contribution in [3.63, 3.8) is 0 Å². The van der Waals surface area contributed by atoms with E-state index in [0.29, 0.717) is 40.3 Å². The zero-order valence-electron chi connectivity index (χ0n) is 20.1. The van der Waals surface area contributed by atoms with Gasteiger partial charge in [0.25, 0.3) is 0 Å². The van der Waals surface area contributed by atoms with Gasteiger partial charge >= 0.3 is 0 Å². The highest BCUT2D eigenvalue weighted by Crippen LogP contribution is 2.39. The minimum atomic E-state index is -0.581. The van der Waals surface area contributed by atoms with Gasteiger partial charge in [0.2, 0.25) is 6.54 Å². The van der Waals surface area contributed by atoms with Crippen molar-refractivity contribution in [2.24, 2.45) is 0 Å². The molecule has 0 unspecified atom stereocenters. The SMILES string of the molecule is COc1cc([C@H](C[N+](=O)[O-])Sc2nnc(C)n2-c2ccc(F)cc2)ccc1OCc1ccc(C)cc1. The molecule has 10 heteroatoms. The second-order valence-corrected chi connectivity index (χ2v) is 9.32. The molecule has 0 N–H and O–H groups in total. The molecule has 3 aromatic carbocycles. The average Bonchev–Trinajstić information content (AvgIpc) is 3.23. The van der Waals surface area contributed by atoms with Crippen molar-refractivity contribution < 1.29 is 18.8 Å². The number of benzene rings is 3. The molecule has 8 nitrogen and oxygen atoms in total. The van der Waals surface area contributed by atoms with Gasteiger partial charge in [0.15, 0.2) is 16.7 Å². The van der Waals surface area contributed by atoms with E-state index < -0.39 is 5.25 Å². The van der Waals surface area contributed by atoms with E-state index in [4.69, 9.17) is 9.47 Å². The molecular formula is C26H25FN4O4S. The normalized spacial score (nSPS) is 11.8. The Kier molecular flexibility index (Phi) is 7.84. The summed E-state index contributed by atoms with van der Waals surface area (Å²) in [7, 11) is 1.53. The van der Waals surface area contributed by atoms with Crippen LogP contribution in [0.5, 0.6) is 11.5 Å². The molecule has 4 rings (SSSR count). The largest absolute Gasteiger partial charge is 0.493 e. The first-order valence-corrected chi connectivity index (χ1v) is 12.0. The summed E-state index contributed by atoms with van der Waals surface area (Å²) in [4.78, 5) is 11.2. The average molecular weight is 509 g/mol. The molecule has 0 bridgehead atoms. The summed E-state index contributed by atoms with van der Waals surface area (Å²) in [5.41, 5.74) is 3.53. The van der Waals surface area contributed by atoms with Gasteiger partial charge in [0, 0.05) is 10.6 Å². The van der Waals surface area contributed by atoms with E-state index >= 15 is 0 Å². The van der Waals surface area contributed by atoms with Crippen LogP contribution in [-0.4, -0.2) is 33.3 Å². The fourth-order valence-electron chi connectivity index (χ4n) is 3.63. The van der Waals surface area contributed by atoms with Gasteiger partial charge < -0.3 is 9.47 Å². The third-order valence-corrected chi connectivity index (χ3v) is 6.70. The van der Waals surface area contributed by atoms with Crippen LogP contribution >= 0.6 is 11.8 Å². The molecular weight excluding hydrogens is 483 g/mol. The Balaban J connectivity index is 1.59. The first kappa shape index (κ1) is 25.2. The lowest BCUT2D eigenvalue weighted by molar-refractivity contribution is -0.479. The van der Waals surface area contributed by atoms with Crippen LogP contribution in [0.25, 0.3) is 5.69 Å². The zero-order chi connectivity index (χ0) is 25.7. The van der Waals surface area contributed by atoms with Gasteiger partial charge in [-0.2, -0.15) is 0 Å². The number of rotatable bonds is 10. The molecule has 0 spiro atoms. The summed E-state index contributed by atoms with van der Waals surface area (Å²) in [5.74, 6) is 1.24. The minimum absolute atomic E-state index is 0.341. The molecule has 0 aliphatic carbocycles. The maximum atomic E-state index is 13.4. The summed E-state index contributed by atoms with van der Waals surface area (Å²) >= 11 is 1.21. The Bertz CT molecular complexity index is 1340. The second kappa shape index (κ2) is 11.2. The van der Waals surface area contributed by atoms with E-state index in [2.05, 4.69) is 10.2 Å². The predicted molar refractivity (Wildman–Crippen MR) is 135 cm³/mol. The number of methoxy groups -OCH3 is 1. The summed E-state index contributed by atoms with van der Waals surface area (Å²) < 4.78 is 26.7. The standard InChI is InChI=1S/C26H25FN4O4S/c1-17-4-6-19(7-5-17)16-35-23-13-8-20(14-24(23)34-3)25(15-30(32)33)36-26-29-28-18(2)31(26)22-11-9-21(27)10-12-22/h4-14,25H,15-16H2,1-3H3/t25-/m0/s1. The van der Waals surface area contributed by atoms with Crippen LogP contribution in [-0.2, 0) is 6.61 Å². The molecule has 0 aliphatic rings. The molecule has 1 atom stereocenters. The van der Waals surface area contributed by atoms with Gasteiger partial charge in [0.05, 0.1) is 7.11 Å². The van der Waals surface area contributed by atoms with Gasteiger partial charge in [-0.1, -0.05) is 47.7 Å². The van der Waals surface area contributed by atoms with Crippen molar-refractivity contribution in [2.45, 2.75) is 30.9 Å². The number of nitro groups is 1. The van der Waals surface area contributed by atoms with E-state index in [1.165, 1.54) is 36.6 Å². The molecule has 1 heterocycles. The van der Waals surface area contributed by atoms with Crippen molar-refractivity contribution in [3.8, 4) is 17.2 Å². The zero-order valence-corrected chi connectivity index (χ0v) is 20.9. The maximum Gasteiger partial charge on any atom is 0.220 e. The molecule has 186 valence electrons. The quantitative estimate of drug-likeness (QED) is 0.154. The van der Waals surface area contributed by atoms with Crippen LogP contribution < -0.4 is 9.47 Å². The van der Waals surface area contributed by atoms with Gasteiger partial charge in [0.1, 0.15) is 23.5 Å². The van der Waals surface area contributed by atoms with Crippen LogP contribution in [0.1, 0.15) is 27.8 Å². The van der Waals surface area contributed by atoms with Gasteiger partial charge in [-0.25, -0.2) is 4.39 Å². The molecule has 0 fully saturated rings. The first-order chi connectivity index (χ1) is 17.3. The molecule has 4 aromatic rings. The highest BCUT2D eigenvalue weighted by molar-refractivity contribution is 7.99. The second-order valence-electron chi connectivity index (χ2n) is 8.15. The van der Waals surface area contributed by atoms with E-state index in [0.717, 1.165) is 5.56 Å². The molecule has 0 saturated heterocycles. The monoisotopic (exact) mass is 508 g/mol. The number of aromatic nitrogens is 3. The Morgan fingerprint density at radius 1 is 1.03 bits per heavy atom. The highest BCUT2D eigenvalue weighted by atomic mass is 32.2. The van der Waals surface area contributed by atoms with E-state index in [9.17, 15) is 14.5 Å².